The van der Waals surface area contributed by atoms with Gasteiger partial charge in [-0.3, -0.25) is 19.2 Å². The number of amides is 2. The molecule has 0 saturated heterocycles. The zero-order chi connectivity index (χ0) is 26.8. The van der Waals surface area contributed by atoms with Crippen molar-refractivity contribution >= 4 is 24.1 Å². The van der Waals surface area contributed by atoms with Crippen LogP contribution >= 0.6 is 0 Å². The Hall–Kier alpha value is -3.46. The predicted octanol–water partition coefficient (Wildman–Crippen LogP) is 2.24. The molecule has 0 unspecified atom stereocenters. The van der Waals surface area contributed by atoms with Crippen LogP contribution in [0.3, 0.4) is 0 Å². The lowest BCUT2D eigenvalue weighted by molar-refractivity contribution is -0.134. The summed E-state index contributed by atoms with van der Waals surface area (Å²) in [6.07, 6.45) is 5.77. The van der Waals surface area contributed by atoms with Gasteiger partial charge in [-0.05, 0) is 49.9 Å². The van der Waals surface area contributed by atoms with Crippen molar-refractivity contribution in [3.05, 3.63) is 55.1 Å². The molecule has 0 aliphatic rings. The van der Waals surface area contributed by atoms with Crippen LogP contribution in [-0.4, -0.2) is 55.9 Å². The van der Waals surface area contributed by atoms with E-state index in [1.165, 1.54) is 6.92 Å². The van der Waals surface area contributed by atoms with E-state index in [0.717, 1.165) is 12.0 Å². The summed E-state index contributed by atoms with van der Waals surface area (Å²) >= 11 is 0. The van der Waals surface area contributed by atoms with E-state index >= 15 is 0 Å². The Balaban J connectivity index is 2.96. The number of nitrogens with two attached hydrogens (primary N) is 1. The Labute approximate surface area is 213 Å². The summed E-state index contributed by atoms with van der Waals surface area (Å²) in [5.41, 5.74) is 6.45. The molecule has 9 heteroatoms. The van der Waals surface area contributed by atoms with Gasteiger partial charge in [0.1, 0.15) is 19.0 Å². The van der Waals surface area contributed by atoms with Gasteiger partial charge in [0.25, 0.3) is 6.47 Å². The van der Waals surface area contributed by atoms with Gasteiger partial charge in [0.2, 0.25) is 11.8 Å². The smallest absolute Gasteiger partial charge is 0.293 e. The first-order valence-corrected chi connectivity index (χ1v) is 12.1. The minimum Gasteiger partial charge on any atom is -0.490 e. The summed E-state index contributed by atoms with van der Waals surface area (Å²) in [6, 6.07) is 6.02. The molecule has 0 bridgehead atoms. The molecule has 36 heavy (non-hydrogen) atoms. The average molecular weight is 502 g/mol. The minimum absolute atomic E-state index is 0.00571. The molecule has 0 saturated carbocycles. The highest BCUT2D eigenvalue weighted by Crippen LogP contribution is 2.18. The third kappa shape index (κ3) is 12.3. The second-order valence-electron chi connectivity index (χ2n) is 8.51. The molecular formula is C27H39N3O6. The number of rotatable bonds is 20. The van der Waals surface area contributed by atoms with Crippen molar-refractivity contribution in [2.45, 2.75) is 57.5 Å². The highest BCUT2D eigenvalue weighted by molar-refractivity contribution is 5.92. The zero-order valence-electron chi connectivity index (χ0n) is 21.1. The Bertz CT molecular complexity index is 856. The number of Topliss-reactive ketones (excluding diaryl/α,β-unsaturated/α-hetero) is 1. The molecule has 2 amide bonds. The van der Waals surface area contributed by atoms with E-state index in [2.05, 4.69) is 23.8 Å². The number of ether oxygens (including phenoxy) is 2. The first-order valence-electron chi connectivity index (χ1n) is 12.1. The van der Waals surface area contributed by atoms with Gasteiger partial charge in [-0.2, -0.15) is 0 Å². The van der Waals surface area contributed by atoms with Crippen molar-refractivity contribution in [2.75, 3.05) is 19.8 Å². The van der Waals surface area contributed by atoms with E-state index in [9.17, 15) is 19.2 Å². The van der Waals surface area contributed by atoms with Gasteiger partial charge in [-0.1, -0.05) is 37.3 Å². The van der Waals surface area contributed by atoms with Crippen LogP contribution in [0, 0.1) is 5.92 Å². The fourth-order valence-electron chi connectivity index (χ4n) is 3.69. The fourth-order valence-corrected chi connectivity index (χ4v) is 3.69. The van der Waals surface area contributed by atoms with Crippen LogP contribution in [0.15, 0.2) is 49.6 Å². The molecule has 1 aromatic carbocycles. The van der Waals surface area contributed by atoms with Crippen LogP contribution in [0.2, 0.25) is 0 Å². The summed E-state index contributed by atoms with van der Waals surface area (Å²) in [5, 5.41) is 5.57. The molecule has 3 atom stereocenters. The topological polar surface area (TPSA) is 137 Å². The van der Waals surface area contributed by atoms with Gasteiger partial charge in [-0.15, -0.1) is 6.58 Å². The number of carbonyl (C=O) groups excluding carboxylic acids is 4. The molecule has 1 rings (SSSR count). The molecule has 0 fully saturated rings. The molecule has 0 aromatic heterocycles. The first kappa shape index (κ1) is 30.6. The largest absolute Gasteiger partial charge is 0.490 e. The van der Waals surface area contributed by atoms with Crippen LogP contribution in [0.5, 0.6) is 5.75 Å². The van der Waals surface area contributed by atoms with Crippen LogP contribution in [0.1, 0.15) is 44.6 Å². The first-order chi connectivity index (χ1) is 17.3. The number of ketones is 1. The third-order valence-corrected chi connectivity index (χ3v) is 5.49. The SMILES string of the molecule is C=CCOc1ccc(C[C@H](NC(C)=O)C(=O)C[C@@H](CCCCN)C(=O)N[C@@H](CC=C)COC=O)cc1. The molecule has 0 spiro atoms. The molecular weight excluding hydrogens is 462 g/mol. The summed E-state index contributed by atoms with van der Waals surface area (Å²) in [7, 11) is 0. The predicted molar refractivity (Wildman–Crippen MR) is 138 cm³/mol. The fraction of sp³-hybridized carbons (Fsp3) is 0.481. The molecule has 4 N–H and O–H groups in total. The van der Waals surface area contributed by atoms with Gasteiger partial charge in [0.05, 0.1) is 12.1 Å². The number of unbranched alkanes of at least 4 members (excludes halogenated alkanes) is 1. The summed E-state index contributed by atoms with van der Waals surface area (Å²) in [6.45, 7) is 9.82. The van der Waals surface area contributed by atoms with Crippen LogP contribution in [0.25, 0.3) is 0 Å². The van der Waals surface area contributed by atoms with E-state index in [0.29, 0.717) is 44.6 Å². The Morgan fingerprint density at radius 3 is 2.39 bits per heavy atom. The standard InChI is InChI=1S/C27H39N3O6/c1-4-8-23(18-35-19-31)30-27(34)22(9-6-7-14-28)17-26(33)25(29-20(3)32)16-21-10-12-24(13-11-21)36-15-5-2/h4-5,10-13,19,22-23,25H,1-2,6-9,14-18,28H2,3H3,(H,29,32)(H,30,34)/t22-,23+,25+/m1/s1. The summed E-state index contributed by atoms with van der Waals surface area (Å²) < 4.78 is 10.3. The average Bonchev–Trinajstić information content (AvgIpc) is 2.85. The maximum atomic E-state index is 13.3. The highest BCUT2D eigenvalue weighted by atomic mass is 16.5. The molecule has 0 radical (unpaired) electrons. The lowest BCUT2D eigenvalue weighted by Gasteiger charge is -2.23. The van der Waals surface area contributed by atoms with Gasteiger partial charge >= 0.3 is 0 Å². The van der Waals surface area contributed by atoms with E-state index < -0.39 is 18.0 Å². The second kappa shape index (κ2) is 17.9. The normalized spacial score (nSPS) is 12.9. The molecule has 0 aliphatic heterocycles. The zero-order valence-corrected chi connectivity index (χ0v) is 21.1. The number of benzene rings is 1. The second-order valence-corrected chi connectivity index (χ2v) is 8.51. The van der Waals surface area contributed by atoms with E-state index in [-0.39, 0.29) is 37.0 Å². The van der Waals surface area contributed by atoms with Crippen molar-refractivity contribution in [2.24, 2.45) is 11.7 Å². The van der Waals surface area contributed by atoms with E-state index in [1.54, 1.807) is 24.3 Å². The van der Waals surface area contributed by atoms with Crippen molar-refractivity contribution in [3.8, 4) is 5.75 Å². The van der Waals surface area contributed by atoms with Gasteiger partial charge in [-0.25, -0.2) is 0 Å². The van der Waals surface area contributed by atoms with Crippen molar-refractivity contribution in [3.63, 3.8) is 0 Å². The monoisotopic (exact) mass is 501 g/mol. The van der Waals surface area contributed by atoms with Crippen molar-refractivity contribution in [1.29, 1.82) is 0 Å². The Morgan fingerprint density at radius 2 is 1.81 bits per heavy atom. The van der Waals surface area contributed by atoms with Crippen molar-refractivity contribution in [1.82, 2.24) is 10.6 Å². The highest BCUT2D eigenvalue weighted by Gasteiger charge is 2.28. The molecule has 0 heterocycles. The third-order valence-electron chi connectivity index (χ3n) is 5.49. The quantitative estimate of drug-likeness (QED) is 0.142. The Morgan fingerprint density at radius 1 is 1.08 bits per heavy atom. The van der Waals surface area contributed by atoms with Gasteiger partial charge in [0, 0.05) is 19.3 Å². The van der Waals surface area contributed by atoms with Crippen LogP contribution in [0.4, 0.5) is 0 Å². The van der Waals surface area contributed by atoms with Crippen LogP contribution in [-0.2, 0) is 30.3 Å². The number of nitrogens with one attached hydrogen (secondary N) is 2. The number of hydrogen-bond donors (Lipinski definition) is 3. The number of hydrogen-bond acceptors (Lipinski definition) is 7. The molecule has 198 valence electrons. The summed E-state index contributed by atoms with van der Waals surface area (Å²) in [5.74, 6) is -0.828. The summed E-state index contributed by atoms with van der Waals surface area (Å²) in [4.78, 5) is 48.7. The molecule has 9 nitrogen and oxygen atoms in total. The lowest BCUT2D eigenvalue weighted by Crippen LogP contribution is -2.45. The van der Waals surface area contributed by atoms with Gasteiger partial charge < -0.3 is 25.8 Å². The maximum absolute atomic E-state index is 13.3. The van der Waals surface area contributed by atoms with E-state index in [4.69, 9.17) is 15.2 Å². The molecule has 1 aromatic rings. The van der Waals surface area contributed by atoms with Gasteiger partial charge in [0.15, 0.2) is 5.78 Å². The molecule has 0 aliphatic carbocycles. The number of carbonyl (C=O) groups is 4. The lowest BCUT2D eigenvalue weighted by atomic mass is 9.90. The van der Waals surface area contributed by atoms with Crippen LogP contribution < -0.4 is 21.1 Å². The minimum atomic E-state index is -0.783. The van der Waals surface area contributed by atoms with E-state index in [1.807, 2.05) is 12.1 Å². The van der Waals surface area contributed by atoms with Crippen molar-refractivity contribution < 1.29 is 28.7 Å². The maximum Gasteiger partial charge on any atom is 0.293 e. The Kier molecular flexibility index (Phi) is 15.2.